The molecule has 1 atom stereocenters. The third kappa shape index (κ3) is 3.61. The maximum Gasteiger partial charge on any atom is 0.287 e. The highest BCUT2D eigenvalue weighted by Crippen LogP contribution is 2.21. The van der Waals surface area contributed by atoms with Gasteiger partial charge in [0, 0.05) is 6.54 Å². The van der Waals surface area contributed by atoms with Gasteiger partial charge in [0.15, 0.2) is 5.76 Å². The van der Waals surface area contributed by atoms with Crippen LogP contribution in [0.2, 0.25) is 0 Å². The number of hydrogen-bond acceptors (Lipinski definition) is 2. The van der Waals surface area contributed by atoms with Crippen molar-refractivity contribution >= 4 is 17.5 Å². The minimum Gasteiger partial charge on any atom is -0.454 e. The number of amides is 1. The molecule has 0 spiro atoms. The van der Waals surface area contributed by atoms with Gasteiger partial charge in [-0.25, -0.2) is 0 Å². The van der Waals surface area contributed by atoms with E-state index in [1.807, 2.05) is 31.2 Å². The smallest absolute Gasteiger partial charge is 0.287 e. The van der Waals surface area contributed by atoms with Crippen molar-refractivity contribution in [2.45, 2.75) is 25.8 Å². The Morgan fingerprint density at radius 1 is 1.37 bits per heavy atom. The zero-order valence-electron chi connectivity index (χ0n) is 10.9. The Balaban J connectivity index is 1.97. The summed E-state index contributed by atoms with van der Waals surface area (Å²) in [5.41, 5.74) is 2.23. The molecule has 1 unspecified atom stereocenters. The van der Waals surface area contributed by atoms with Crippen LogP contribution in [-0.2, 0) is 6.54 Å². The van der Waals surface area contributed by atoms with Gasteiger partial charge in [-0.05, 0) is 31.5 Å². The van der Waals surface area contributed by atoms with E-state index in [1.165, 1.54) is 5.56 Å². The zero-order chi connectivity index (χ0) is 13.8. The van der Waals surface area contributed by atoms with Crippen LogP contribution in [0.15, 0.2) is 40.8 Å². The van der Waals surface area contributed by atoms with Crippen molar-refractivity contribution in [1.29, 1.82) is 0 Å². The summed E-state index contributed by atoms with van der Waals surface area (Å²) in [5.74, 6) is 0.655. The Hall–Kier alpha value is -1.74. The van der Waals surface area contributed by atoms with Gasteiger partial charge in [0.2, 0.25) is 0 Å². The van der Waals surface area contributed by atoms with E-state index >= 15 is 0 Å². The maximum absolute atomic E-state index is 11.9. The maximum atomic E-state index is 11.9. The normalized spacial score (nSPS) is 12.2. The molecule has 0 aliphatic rings. The van der Waals surface area contributed by atoms with Gasteiger partial charge < -0.3 is 9.73 Å². The number of halogens is 1. The summed E-state index contributed by atoms with van der Waals surface area (Å²) in [6.07, 6.45) is 0. The fourth-order valence-electron chi connectivity index (χ4n) is 1.78. The van der Waals surface area contributed by atoms with Gasteiger partial charge in [-0.1, -0.05) is 29.8 Å². The molecule has 0 saturated carbocycles. The molecule has 1 heterocycles. The lowest BCUT2D eigenvalue weighted by atomic mass is 10.1. The van der Waals surface area contributed by atoms with Crippen molar-refractivity contribution in [2.24, 2.45) is 0 Å². The van der Waals surface area contributed by atoms with Gasteiger partial charge in [-0.15, -0.1) is 11.6 Å². The quantitative estimate of drug-likeness (QED) is 0.863. The highest BCUT2D eigenvalue weighted by molar-refractivity contribution is 6.20. The molecular formula is C15H16ClNO2. The number of furan rings is 1. The van der Waals surface area contributed by atoms with Crippen molar-refractivity contribution in [1.82, 2.24) is 5.32 Å². The van der Waals surface area contributed by atoms with E-state index in [1.54, 1.807) is 19.1 Å². The molecule has 0 aliphatic heterocycles. The summed E-state index contributed by atoms with van der Waals surface area (Å²) in [6, 6.07) is 11.4. The molecule has 2 rings (SSSR count). The van der Waals surface area contributed by atoms with Crippen molar-refractivity contribution in [3.63, 3.8) is 0 Å². The van der Waals surface area contributed by atoms with E-state index in [0.29, 0.717) is 12.3 Å². The fourth-order valence-corrected chi connectivity index (χ4v) is 1.90. The molecular weight excluding hydrogens is 262 g/mol. The number of alkyl halides is 1. The molecule has 0 radical (unpaired) electrons. The summed E-state index contributed by atoms with van der Waals surface area (Å²) in [4.78, 5) is 11.9. The number of aryl methyl sites for hydroxylation is 1. The predicted molar refractivity (Wildman–Crippen MR) is 75.3 cm³/mol. The van der Waals surface area contributed by atoms with Crippen molar-refractivity contribution in [3.8, 4) is 0 Å². The number of hydrogen-bond donors (Lipinski definition) is 1. The molecule has 1 amide bonds. The summed E-state index contributed by atoms with van der Waals surface area (Å²) in [5, 5.41) is 2.58. The van der Waals surface area contributed by atoms with Crippen LogP contribution in [0, 0.1) is 6.92 Å². The van der Waals surface area contributed by atoms with E-state index < -0.39 is 0 Å². The first-order chi connectivity index (χ1) is 9.06. The second-order valence-corrected chi connectivity index (χ2v) is 5.14. The molecule has 1 N–H and O–H groups in total. The standard InChI is InChI=1S/C15H16ClNO2/c1-10-4-3-5-12(8-10)9-17-15(18)14-7-6-13(19-14)11(2)16/h3-8,11H,9H2,1-2H3,(H,17,18). The Kier molecular flexibility index (Phi) is 4.27. The van der Waals surface area contributed by atoms with Crippen LogP contribution in [0.25, 0.3) is 0 Å². The Labute approximate surface area is 117 Å². The van der Waals surface area contributed by atoms with Gasteiger partial charge in [-0.3, -0.25) is 4.79 Å². The van der Waals surface area contributed by atoms with Gasteiger partial charge >= 0.3 is 0 Å². The van der Waals surface area contributed by atoms with Crippen LogP contribution in [0.5, 0.6) is 0 Å². The lowest BCUT2D eigenvalue weighted by Gasteiger charge is -2.04. The second-order valence-electron chi connectivity index (χ2n) is 4.49. The second kappa shape index (κ2) is 5.93. The number of carbonyl (C=O) groups excluding carboxylic acids is 1. The minimum absolute atomic E-state index is 0.231. The van der Waals surface area contributed by atoms with Crippen molar-refractivity contribution in [2.75, 3.05) is 0 Å². The van der Waals surface area contributed by atoms with Gasteiger partial charge in [0.25, 0.3) is 5.91 Å². The minimum atomic E-state index is -0.238. The lowest BCUT2D eigenvalue weighted by Crippen LogP contribution is -2.22. The molecule has 0 aliphatic carbocycles. The van der Waals surface area contributed by atoms with Gasteiger partial charge in [0.05, 0.1) is 5.38 Å². The van der Waals surface area contributed by atoms with Gasteiger partial charge in [-0.2, -0.15) is 0 Å². The molecule has 4 heteroatoms. The third-order valence-corrected chi connectivity index (χ3v) is 2.99. The van der Waals surface area contributed by atoms with E-state index in [0.717, 1.165) is 5.56 Å². The highest BCUT2D eigenvalue weighted by Gasteiger charge is 2.13. The molecule has 0 fully saturated rings. The zero-order valence-corrected chi connectivity index (χ0v) is 11.7. The van der Waals surface area contributed by atoms with Crippen molar-refractivity contribution < 1.29 is 9.21 Å². The van der Waals surface area contributed by atoms with Crippen LogP contribution in [0.1, 0.15) is 39.7 Å². The summed E-state index contributed by atoms with van der Waals surface area (Å²) < 4.78 is 5.38. The molecule has 2 aromatic rings. The fraction of sp³-hybridized carbons (Fsp3) is 0.267. The van der Waals surface area contributed by atoms with Crippen LogP contribution in [-0.4, -0.2) is 5.91 Å². The van der Waals surface area contributed by atoms with Gasteiger partial charge in [0.1, 0.15) is 5.76 Å². The van der Waals surface area contributed by atoms with E-state index in [4.69, 9.17) is 16.0 Å². The highest BCUT2D eigenvalue weighted by atomic mass is 35.5. The molecule has 0 bridgehead atoms. The summed E-state index contributed by atoms with van der Waals surface area (Å²) in [6.45, 7) is 4.30. The number of carbonyl (C=O) groups is 1. The molecule has 1 aromatic carbocycles. The Morgan fingerprint density at radius 2 is 2.16 bits per heavy atom. The van der Waals surface area contributed by atoms with Crippen LogP contribution in [0.4, 0.5) is 0 Å². The van der Waals surface area contributed by atoms with E-state index in [2.05, 4.69) is 5.32 Å². The Bertz CT molecular complexity index is 575. The summed E-state index contributed by atoms with van der Waals surface area (Å²) >= 11 is 5.89. The largest absolute Gasteiger partial charge is 0.454 e. The van der Waals surface area contributed by atoms with Crippen LogP contribution in [0.3, 0.4) is 0 Å². The molecule has 3 nitrogen and oxygen atoms in total. The van der Waals surface area contributed by atoms with Crippen molar-refractivity contribution in [3.05, 3.63) is 59.0 Å². The first-order valence-corrected chi connectivity index (χ1v) is 6.57. The Morgan fingerprint density at radius 3 is 2.79 bits per heavy atom. The summed E-state index contributed by atoms with van der Waals surface area (Å²) in [7, 11) is 0. The lowest BCUT2D eigenvalue weighted by molar-refractivity contribution is 0.0921. The average Bonchev–Trinajstić information content (AvgIpc) is 2.86. The van der Waals surface area contributed by atoms with E-state index in [-0.39, 0.29) is 17.0 Å². The molecule has 1 aromatic heterocycles. The number of rotatable bonds is 4. The SMILES string of the molecule is Cc1cccc(CNC(=O)c2ccc(C(C)Cl)o2)c1. The number of benzene rings is 1. The average molecular weight is 278 g/mol. The first kappa shape index (κ1) is 13.7. The third-order valence-electron chi connectivity index (χ3n) is 2.78. The predicted octanol–water partition coefficient (Wildman–Crippen LogP) is 3.82. The first-order valence-electron chi connectivity index (χ1n) is 6.14. The molecule has 19 heavy (non-hydrogen) atoms. The van der Waals surface area contributed by atoms with E-state index in [9.17, 15) is 4.79 Å². The van der Waals surface area contributed by atoms with Crippen LogP contribution >= 0.6 is 11.6 Å². The monoisotopic (exact) mass is 277 g/mol. The topological polar surface area (TPSA) is 42.2 Å². The number of nitrogens with one attached hydrogen (secondary N) is 1. The molecule has 0 saturated heterocycles. The van der Waals surface area contributed by atoms with Crippen LogP contribution < -0.4 is 5.32 Å². The molecule has 100 valence electrons.